The standard InChI is InChI=1S/C19H22OS/c1-2-6-14-9-11-15(12-10-14)19(20)18-13-16-7-4-3-5-8-17(16)21-18/h9-13H,2-8H2,1H3. The summed E-state index contributed by atoms with van der Waals surface area (Å²) < 4.78 is 0. The summed E-state index contributed by atoms with van der Waals surface area (Å²) >= 11 is 1.72. The van der Waals surface area contributed by atoms with Gasteiger partial charge in [0, 0.05) is 10.4 Å². The molecule has 0 N–H and O–H groups in total. The molecular weight excluding hydrogens is 276 g/mol. The van der Waals surface area contributed by atoms with Crippen LogP contribution in [-0.2, 0) is 19.3 Å². The summed E-state index contributed by atoms with van der Waals surface area (Å²) in [4.78, 5) is 15.0. The number of thiophene rings is 1. The highest BCUT2D eigenvalue weighted by atomic mass is 32.1. The SMILES string of the molecule is CCCc1ccc(C(=O)c2cc3c(s2)CCCCC3)cc1. The maximum absolute atomic E-state index is 12.6. The summed E-state index contributed by atoms with van der Waals surface area (Å²) in [6.07, 6.45) is 8.39. The Morgan fingerprint density at radius 3 is 2.62 bits per heavy atom. The van der Waals surface area contributed by atoms with Crippen molar-refractivity contribution >= 4 is 17.1 Å². The van der Waals surface area contributed by atoms with Gasteiger partial charge in [-0.2, -0.15) is 0 Å². The molecule has 1 aliphatic rings. The van der Waals surface area contributed by atoms with Gasteiger partial charge in [0.15, 0.2) is 0 Å². The number of carbonyl (C=O) groups excluding carboxylic acids is 1. The molecular formula is C19H22OS. The number of fused-ring (bicyclic) bond motifs is 1. The predicted molar refractivity (Wildman–Crippen MR) is 89.4 cm³/mol. The summed E-state index contributed by atoms with van der Waals surface area (Å²) in [6, 6.07) is 10.3. The Morgan fingerprint density at radius 1 is 1.10 bits per heavy atom. The highest BCUT2D eigenvalue weighted by Crippen LogP contribution is 2.30. The van der Waals surface area contributed by atoms with Gasteiger partial charge in [-0.15, -0.1) is 11.3 Å². The first-order valence-electron chi connectivity index (χ1n) is 8.03. The molecule has 1 heterocycles. The van der Waals surface area contributed by atoms with Crippen LogP contribution in [0.25, 0.3) is 0 Å². The second-order valence-corrected chi connectivity index (χ2v) is 7.03. The molecule has 21 heavy (non-hydrogen) atoms. The molecule has 0 saturated carbocycles. The van der Waals surface area contributed by atoms with Crippen molar-refractivity contribution in [2.24, 2.45) is 0 Å². The molecule has 2 heteroatoms. The molecule has 0 unspecified atom stereocenters. The molecule has 1 nitrogen and oxygen atoms in total. The molecule has 0 radical (unpaired) electrons. The average molecular weight is 298 g/mol. The average Bonchev–Trinajstić information content (AvgIpc) is 2.79. The van der Waals surface area contributed by atoms with E-state index in [9.17, 15) is 4.79 Å². The van der Waals surface area contributed by atoms with Crippen molar-refractivity contribution < 1.29 is 4.79 Å². The molecule has 1 aromatic heterocycles. The van der Waals surface area contributed by atoms with E-state index in [0.29, 0.717) is 0 Å². The van der Waals surface area contributed by atoms with E-state index in [-0.39, 0.29) is 5.78 Å². The van der Waals surface area contributed by atoms with E-state index < -0.39 is 0 Å². The minimum Gasteiger partial charge on any atom is -0.288 e. The Kier molecular flexibility index (Phi) is 4.54. The second kappa shape index (κ2) is 6.57. The summed E-state index contributed by atoms with van der Waals surface area (Å²) in [5, 5.41) is 0. The molecule has 0 aliphatic heterocycles. The van der Waals surface area contributed by atoms with Crippen LogP contribution in [0.5, 0.6) is 0 Å². The Bertz CT molecular complexity index is 598. The zero-order chi connectivity index (χ0) is 14.7. The van der Waals surface area contributed by atoms with Gasteiger partial charge in [-0.05, 0) is 49.3 Å². The van der Waals surface area contributed by atoms with Crippen LogP contribution in [0.2, 0.25) is 0 Å². The highest BCUT2D eigenvalue weighted by Gasteiger charge is 2.17. The summed E-state index contributed by atoms with van der Waals surface area (Å²) in [5.74, 6) is 0.191. The largest absolute Gasteiger partial charge is 0.288 e. The number of rotatable bonds is 4. The van der Waals surface area contributed by atoms with Crippen LogP contribution >= 0.6 is 11.3 Å². The third kappa shape index (κ3) is 3.26. The minimum absolute atomic E-state index is 0.191. The number of benzene rings is 1. The van der Waals surface area contributed by atoms with Crippen LogP contribution in [0.4, 0.5) is 0 Å². The highest BCUT2D eigenvalue weighted by molar-refractivity contribution is 7.14. The lowest BCUT2D eigenvalue weighted by Gasteiger charge is -2.01. The van der Waals surface area contributed by atoms with E-state index in [1.54, 1.807) is 11.3 Å². The van der Waals surface area contributed by atoms with Crippen LogP contribution in [0.1, 0.15) is 63.8 Å². The van der Waals surface area contributed by atoms with E-state index in [2.05, 4.69) is 25.1 Å². The Balaban J connectivity index is 1.81. The third-order valence-electron chi connectivity index (χ3n) is 4.23. The molecule has 0 spiro atoms. The normalized spacial score (nSPS) is 14.5. The molecule has 1 aliphatic carbocycles. The quantitative estimate of drug-likeness (QED) is 0.560. The van der Waals surface area contributed by atoms with Crippen molar-refractivity contribution in [1.82, 2.24) is 0 Å². The van der Waals surface area contributed by atoms with Crippen molar-refractivity contribution in [2.45, 2.75) is 51.9 Å². The first kappa shape index (κ1) is 14.5. The van der Waals surface area contributed by atoms with Crippen molar-refractivity contribution in [3.63, 3.8) is 0 Å². The molecule has 0 atom stereocenters. The van der Waals surface area contributed by atoms with Gasteiger partial charge in [0.05, 0.1) is 4.88 Å². The molecule has 0 saturated heterocycles. The maximum Gasteiger partial charge on any atom is 0.202 e. The fourth-order valence-electron chi connectivity index (χ4n) is 3.03. The number of carbonyl (C=O) groups is 1. The van der Waals surface area contributed by atoms with Crippen LogP contribution in [0.3, 0.4) is 0 Å². The molecule has 1 aromatic carbocycles. The third-order valence-corrected chi connectivity index (χ3v) is 5.46. The molecule has 110 valence electrons. The molecule has 0 fully saturated rings. The lowest BCUT2D eigenvalue weighted by atomic mass is 10.0. The van der Waals surface area contributed by atoms with Gasteiger partial charge in [0.1, 0.15) is 0 Å². The summed E-state index contributed by atoms with van der Waals surface area (Å²) in [5.41, 5.74) is 3.56. The van der Waals surface area contributed by atoms with Crippen LogP contribution < -0.4 is 0 Å². The monoisotopic (exact) mass is 298 g/mol. The van der Waals surface area contributed by atoms with Gasteiger partial charge in [-0.1, -0.05) is 44.0 Å². The van der Waals surface area contributed by atoms with Gasteiger partial charge >= 0.3 is 0 Å². The van der Waals surface area contributed by atoms with Gasteiger partial charge in [-0.25, -0.2) is 0 Å². The summed E-state index contributed by atoms with van der Waals surface area (Å²) in [7, 11) is 0. The molecule has 3 rings (SSSR count). The smallest absolute Gasteiger partial charge is 0.202 e. The van der Waals surface area contributed by atoms with Crippen LogP contribution in [0.15, 0.2) is 30.3 Å². The second-order valence-electron chi connectivity index (χ2n) is 5.90. The lowest BCUT2D eigenvalue weighted by molar-refractivity contribution is 0.104. The van der Waals surface area contributed by atoms with Crippen molar-refractivity contribution in [1.29, 1.82) is 0 Å². The summed E-state index contributed by atoms with van der Waals surface area (Å²) in [6.45, 7) is 2.18. The Hall–Kier alpha value is -1.41. The number of ketones is 1. The number of hydrogen-bond donors (Lipinski definition) is 0. The first-order chi connectivity index (χ1) is 10.3. The maximum atomic E-state index is 12.6. The van der Waals surface area contributed by atoms with Gasteiger partial charge < -0.3 is 0 Å². The van der Waals surface area contributed by atoms with Crippen molar-refractivity contribution in [3.8, 4) is 0 Å². The van der Waals surface area contributed by atoms with E-state index in [0.717, 1.165) is 36.1 Å². The zero-order valence-corrected chi connectivity index (χ0v) is 13.5. The van der Waals surface area contributed by atoms with Crippen LogP contribution in [-0.4, -0.2) is 5.78 Å². The fourth-order valence-corrected chi connectivity index (χ4v) is 4.25. The minimum atomic E-state index is 0.191. The van der Waals surface area contributed by atoms with E-state index in [1.807, 2.05) is 12.1 Å². The predicted octanol–water partition coefficient (Wildman–Crippen LogP) is 5.20. The zero-order valence-electron chi connectivity index (χ0n) is 12.7. The number of hydrogen-bond acceptors (Lipinski definition) is 2. The molecule has 2 aromatic rings. The fraction of sp³-hybridized carbons (Fsp3) is 0.421. The van der Waals surface area contributed by atoms with E-state index in [4.69, 9.17) is 0 Å². The lowest BCUT2D eigenvalue weighted by Crippen LogP contribution is -1.98. The Labute approximate surface area is 131 Å². The number of aryl methyl sites for hydroxylation is 3. The molecule has 0 amide bonds. The Morgan fingerprint density at radius 2 is 1.86 bits per heavy atom. The van der Waals surface area contributed by atoms with Crippen molar-refractivity contribution in [3.05, 3.63) is 56.8 Å². The molecule has 0 bridgehead atoms. The van der Waals surface area contributed by atoms with Crippen molar-refractivity contribution in [2.75, 3.05) is 0 Å². The first-order valence-corrected chi connectivity index (χ1v) is 8.85. The van der Waals surface area contributed by atoms with E-state index >= 15 is 0 Å². The van der Waals surface area contributed by atoms with Crippen LogP contribution in [0, 0.1) is 0 Å². The van der Waals surface area contributed by atoms with Gasteiger partial charge in [0.25, 0.3) is 0 Å². The van der Waals surface area contributed by atoms with E-state index in [1.165, 1.54) is 35.3 Å². The van der Waals surface area contributed by atoms with Gasteiger partial charge in [0.2, 0.25) is 5.78 Å². The van der Waals surface area contributed by atoms with Gasteiger partial charge in [-0.3, -0.25) is 4.79 Å². The topological polar surface area (TPSA) is 17.1 Å².